The molecule has 0 aromatic heterocycles. The number of hydrogen-bond acceptors (Lipinski definition) is 2. The zero-order valence-electron chi connectivity index (χ0n) is 29.1. The molecule has 6 aromatic rings. The predicted octanol–water partition coefficient (Wildman–Crippen LogP) is 12.0. The van der Waals surface area contributed by atoms with E-state index in [0.717, 1.165) is 88.3 Å². The average Bonchev–Trinajstić information content (AvgIpc) is 3.56. The van der Waals surface area contributed by atoms with Crippen LogP contribution in [0.3, 0.4) is 0 Å². The fourth-order valence-electron chi connectivity index (χ4n) is 10.2. The molecule has 0 radical (unpaired) electrons. The third-order valence-corrected chi connectivity index (χ3v) is 12.5. The average molecular weight is 673 g/mol. The van der Waals surface area contributed by atoms with Gasteiger partial charge in [-0.3, -0.25) is 0 Å². The second kappa shape index (κ2) is 10.6. The van der Waals surface area contributed by atoms with Gasteiger partial charge in [-0.1, -0.05) is 112 Å². The van der Waals surface area contributed by atoms with E-state index in [0.29, 0.717) is 11.1 Å². The van der Waals surface area contributed by atoms with Crippen molar-refractivity contribution in [3.8, 4) is 33.8 Å². The first kappa shape index (κ1) is 30.6. The highest BCUT2D eigenvalue weighted by Gasteiger charge is 2.50. The van der Waals surface area contributed by atoms with Crippen LogP contribution in [0.4, 0.5) is 8.78 Å². The van der Waals surface area contributed by atoms with E-state index in [1.807, 2.05) is 24.3 Å². The first-order valence-electron chi connectivity index (χ1n) is 18.1. The molecule has 1 spiro atoms. The van der Waals surface area contributed by atoms with E-state index < -0.39 is 22.7 Å². The summed E-state index contributed by atoms with van der Waals surface area (Å²) in [6, 6.07) is 34.5. The molecule has 2 nitrogen and oxygen atoms in total. The van der Waals surface area contributed by atoms with E-state index in [1.165, 1.54) is 22.3 Å². The maximum absolute atomic E-state index is 16.2. The Balaban J connectivity index is 1.26. The van der Waals surface area contributed by atoms with Gasteiger partial charge in [0.05, 0.1) is 7.11 Å². The molecule has 3 aliphatic carbocycles. The third-order valence-electron chi connectivity index (χ3n) is 12.5. The van der Waals surface area contributed by atoms with Crippen LogP contribution in [0.25, 0.3) is 39.1 Å². The number of ether oxygens (including phenoxy) is 2. The lowest BCUT2D eigenvalue weighted by molar-refractivity contribution is 0.163. The lowest BCUT2D eigenvalue weighted by Gasteiger charge is -2.41. The molecule has 10 rings (SSSR count). The molecule has 1 fully saturated rings. The van der Waals surface area contributed by atoms with Crippen molar-refractivity contribution in [3.63, 3.8) is 0 Å². The van der Waals surface area contributed by atoms with Gasteiger partial charge in [-0.15, -0.1) is 0 Å². The number of halogens is 2. The molecule has 0 N–H and O–H groups in total. The summed E-state index contributed by atoms with van der Waals surface area (Å²) in [5.41, 5.74) is 9.75. The molecular formula is C47H38F2O2. The number of rotatable bonds is 3. The molecule has 0 saturated heterocycles. The van der Waals surface area contributed by atoms with Crippen LogP contribution >= 0.6 is 0 Å². The molecule has 0 amide bonds. The van der Waals surface area contributed by atoms with Gasteiger partial charge < -0.3 is 9.47 Å². The topological polar surface area (TPSA) is 18.5 Å². The summed E-state index contributed by atoms with van der Waals surface area (Å²) in [6.45, 7) is 4.60. The summed E-state index contributed by atoms with van der Waals surface area (Å²) in [7, 11) is 1.68. The second-order valence-corrected chi connectivity index (χ2v) is 15.3. The smallest absolute Gasteiger partial charge is 0.178 e. The third kappa shape index (κ3) is 4.02. The highest BCUT2D eigenvalue weighted by Crippen LogP contribution is 2.63. The largest absolute Gasteiger partial charge is 0.497 e. The molecule has 252 valence electrons. The Bertz CT molecular complexity index is 2470. The highest BCUT2D eigenvalue weighted by molar-refractivity contribution is 6.08. The molecule has 1 aliphatic heterocycles. The summed E-state index contributed by atoms with van der Waals surface area (Å²) >= 11 is 0. The van der Waals surface area contributed by atoms with Crippen molar-refractivity contribution in [1.82, 2.24) is 0 Å². The van der Waals surface area contributed by atoms with Crippen LogP contribution in [0.15, 0.2) is 109 Å². The molecule has 1 unspecified atom stereocenters. The number of benzene rings is 6. The van der Waals surface area contributed by atoms with Crippen LogP contribution in [-0.4, -0.2) is 7.11 Å². The Morgan fingerprint density at radius 3 is 2.16 bits per heavy atom. The van der Waals surface area contributed by atoms with Gasteiger partial charge in [0.25, 0.3) is 0 Å². The number of fused-ring (bicyclic) bond motifs is 13. The number of methoxy groups -OCH3 is 1. The van der Waals surface area contributed by atoms with Gasteiger partial charge in [-0.05, 0) is 87.5 Å². The minimum Gasteiger partial charge on any atom is -0.497 e. The Morgan fingerprint density at radius 1 is 0.667 bits per heavy atom. The van der Waals surface area contributed by atoms with Gasteiger partial charge >= 0.3 is 0 Å². The molecule has 1 saturated carbocycles. The van der Waals surface area contributed by atoms with E-state index in [2.05, 4.69) is 92.7 Å². The van der Waals surface area contributed by atoms with Crippen LogP contribution in [0.5, 0.6) is 11.5 Å². The Morgan fingerprint density at radius 2 is 1.37 bits per heavy atom. The SMILES string of the molecule is COc1ccc(C2(c3ccc4c(c3)C(C)(C)c3ccccc3-4)C=Cc3c4c(c5ccccc5c3O2)-c2cc(F)cc(F)c2C42CCCCC2)cc1. The van der Waals surface area contributed by atoms with Gasteiger partial charge in [-0.25, -0.2) is 8.78 Å². The normalized spacial score (nSPS) is 19.9. The first-order chi connectivity index (χ1) is 24.8. The van der Waals surface area contributed by atoms with Crippen molar-refractivity contribution in [2.45, 2.75) is 62.4 Å². The predicted molar refractivity (Wildman–Crippen MR) is 201 cm³/mol. The maximum atomic E-state index is 16.2. The fraction of sp³-hybridized carbons (Fsp3) is 0.234. The van der Waals surface area contributed by atoms with Crippen LogP contribution in [-0.2, 0) is 16.4 Å². The standard InChI is InChI=1S/C47H38F2O2/c1-45(2)38-14-8-7-11-32(38)33-20-17-29(25-39(33)45)47(28-15-18-31(50-3)19-16-28)24-21-36-43-41(34-12-5-6-13-35(34)44(36)51-47)37-26-30(48)27-40(49)42(37)46(43)22-9-4-10-23-46/h5-8,11-21,24-27H,4,9-10,22-23H2,1-3H3. The molecular weight excluding hydrogens is 635 g/mol. The van der Waals surface area contributed by atoms with Crippen LogP contribution in [0.2, 0.25) is 0 Å². The van der Waals surface area contributed by atoms with Crippen molar-refractivity contribution >= 4 is 16.8 Å². The first-order valence-corrected chi connectivity index (χ1v) is 18.1. The molecule has 1 atom stereocenters. The van der Waals surface area contributed by atoms with E-state index in [4.69, 9.17) is 9.47 Å². The van der Waals surface area contributed by atoms with Crippen molar-refractivity contribution in [2.75, 3.05) is 7.11 Å². The lowest BCUT2D eigenvalue weighted by Crippen LogP contribution is -2.36. The Kier molecular flexibility index (Phi) is 6.39. The van der Waals surface area contributed by atoms with Crippen LogP contribution in [0, 0.1) is 11.6 Å². The lowest BCUT2D eigenvalue weighted by atomic mass is 9.66. The van der Waals surface area contributed by atoms with Crippen molar-refractivity contribution < 1.29 is 18.3 Å². The number of hydrogen-bond donors (Lipinski definition) is 0. The summed E-state index contributed by atoms with van der Waals surface area (Å²) < 4.78 is 44.4. The van der Waals surface area contributed by atoms with Crippen molar-refractivity contribution in [2.24, 2.45) is 0 Å². The van der Waals surface area contributed by atoms with Gasteiger partial charge in [0.15, 0.2) is 5.60 Å². The quantitative estimate of drug-likeness (QED) is 0.186. The monoisotopic (exact) mass is 672 g/mol. The molecule has 4 heteroatoms. The zero-order chi connectivity index (χ0) is 34.7. The van der Waals surface area contributed by atoms with Gasteiger partial charge in [0, 0.05) is 44.5 Å². The van der Waals surface area contributed by atoms with Gasteiger partial charge in [0.2, 0.25) is 0 Å². The molecule has 1 heterocycles. The van der Waals surface area contributed by atoms with E-state index in [-0.39, 0.29) is 5.41 Å². The minimum absolute atomic E-state index is 0.189. The van der Waals surface area contributed by atoms with Crippen molar-refractivity contribution in [3.05, 3.63) is 160 Å². The van der Waals surface area contributed by atoms with Crippen LogP contribution < -0.4 is 9.47 Å². The summed E-state index contributed by atoms with van der Waals surface area (Å²) in [5.74, 6) is 0.563. The van der Waals surface area contributed by atoms with Crippen molar-refractivity contribution in [1.29, 1.82) is 0 Å². The molecule has 6 aromatic carbocycles. The molecule has 4 aliphatic rings. The van der Waals surface area contributed by atoms with E-state index in [9.17, 15) is 0 Å². The zero-order valence-corrected chi connectivity index (χ0v) is 29.1. The Labute approximate surface area is 297 Å². The van der Waals surface area contributed by atoms with Crippen LogP contribution in [0.1, 0.15) is 84.9 Å². The summed E-state index contributed by atoms with van der Waals surface area (Å²) in [4.78, 5) is 0. The molecule has 51 heavy (non-hydrogen) atoms. The van der Waals surface area contributed by atoms with Gasteiger partial charge in [0.1, 0.15) is 23.1 Å². The van der Waals surface area contributed by atoms with Gasteiger partial charge in [-0.2, -0.15) is 0 Å². The minimum atomic E-state index is -0.974. The summed E-state index contributed by atoms with van der Waals surface area (Å²) in [6.07, 6.45) is 9.14. The van der Waals surface area contributed by atoms with E-state index >= 15 is 8.78 Å². The second-order valence-electron chi connectivity index (χ2n) is 15.3. The molecule has 0 bridgehead atoms. The van der Waals surface area contributed by atoms with E-state index in [1.54, 1.807) is 13.2 Å². The maximum Gasteiger partial charge on any atom is 0.178 e. The fourth-order valence-corrected chi connectivity index (χ4v) is 10.2. The highest BCUT2D eigenvalue weighted by atomic mass is 19.1. The summed E-state index contributed by atoms with van der Waals surface area (Å²) in [5, 5.41) is 1.90. The Hall–Kier alpha value is -5.22.